The van der Waals surface area contributed by atoms with Crippen LogP contribution in [0.25, 0.3) is 11.0 Å². The Labute approximate surface area is 104 Å². The number of hydrogen-bond donors (Lipinski definition) is 0. The standard InChI is InChI=1S/C14H14O4/c1-4-10-6-11-8(2)5-14(16)18-13(11)7-12(10)17-9(3)15/h5-7H,4H2,1-3H3. The van der Waals surface area contributed by atoms with E-state index in [4.69, 9.17) is 9.15 Å². The van der Waals surface area contributed by atoms with E-state index in [1.165, 1.54) is 13.0 Å². The molecule has 4 nitrogen and oxygen atoms in total. The fourth-order valence-electron chi connectivity index (χ4n) is 1.92. The molecule has 0 aliphatic carbocycles. The summed E-state index contributed by atoms with van der Waals surface area (Å²) in [5.74, 6) is 0.0605. The quantitative estimate of drug-likeness (QED) is 0.464. The van der Waals surface area contributed by atoms with Crippen LogP contribution < -0.4 is 10.4 Å². The van der Waals surface area contributed by atoms with Gasteiger partial charge in [0.15, 0.2) is 0 Å². The molecule has 0 amide bonds. The van der Waals surface area contributed by atoms with Crippen molar-refractivity contribution in [1.82, 2.24) is 0 Å². The van der Waals surface area contributed by atoms with Gasteiger partial charge >= 0.3 is 11.6 Å². The highest BCUT2D eigenvalue weighted by atomic mass is 16.5. The Kier molecular flexibility index (Phi) is 3.19. The van der Waals surface area contributed by atoms with Gasteiger partial charge in [-0.2, -0.15) is 0 Å². The third kappa shape index (κ3) is 2.27. The smallest absolute Gasteiger partial charge is 0.336 e. The zero-order valence-electron chi connectivity index (χ0n) is 10.6. The number of rotatable bonds is 2. The van der Waals surface area contributed by atoms with Crippen molar-refractivity contribution in [3.8, 4) is 5.75 Å². The predicted octanol–water partition coefficient (Wildman–Crippen LogP) is 2.59. The third-order valence-corrected chi connectivity index (χ3v) is 2.77. The normalized spacial score (nSPS) is 10.6. The maximum absolute atomic E-state index is 11.3. The second-order valence-corrected chi connectivity index (χ2v) is 4.15. The van der Waals surface area contributed by atoms with E-state index in [1.54, 1.807) is 6.07 Å². The number of benzene rings is 1. The fourth-order valence-corrected chi connectivity index (χ4v) is 1.92. The summed E-state index contributed by atoms with van der Waals surface area (Å²) < 4.78 is 10.2. The van der Waals surface area contributed by atoms with Gasteiger partial charge in [-0.25, -0.2) is 4.79 Å². The lowest BCUT2D eigenvalue weighted by molar-refractivity contribution is -0.131. The van der Waals surface area contributed by atoms with E-state index in [1.807, 2.05) is 19.9 Å². The first-order valence-corrected chi connectivity index (χ1v) is 5.77. The van der Waals surface area contributed by atoms with Gasteiger partial charge in [0.05, 0.1) is 0 Å². The average molecular weight is 246 g/mol. The zero-order chi connectivity index (χ0) is 13.3. The van der Waals surface area contributed by atoms with Crippen LogP contribution in [0.2, 0.25) is 0 Å². The summed E-state index contributed by atoms with van der Waals surface area (Å²) in [6.07, 6.45) is 0.733. The summed E-state index contributed by atoms with van der Waals surface area (Å²) in [6, 6.07) is 4.95. The Bertz CT molecular complexity index is 667. The van der Waals surface area contributed by atoms with Crippen molar-refractivity contribution in [2.75, 3.05) is 0 Å². The maximum Gasteiger partial charge on any atom is 0.336 e. The Hall–Kier alpha value is -2.10. The largest absolute Gasteiger partial charge is 0.426 e. The van der Waals surface area contributed by atoms with Crippen LogP contribution >= 0.6 is 0 Å². The van der Waals surface area contributed by atoms with Crippen molar-refractivity contribution in [1.29, 1.82) is 0 Å². The molecule has 0 spiro atoms. The molecule has 2 rings (SSSR count). The number of ether oxygens (including phenoxy) is 1. The molecule has 1 aromatic heterocycles. The average Bonchev–Trinajstić information content (AvgIpc) is 2.27. The molecule has 0 radical (unpaired) electrons. The monoisotopic (exact) mass is 246 g/mol. The Balaban J connectivity index is 2.72. The van der Waals surface area contributed by atoms with Gasteiger partial charge in [-0.15, -0.1) is 0 Å². The molecule has 0 aliphatic rings. The molecule has 0 fully saturated rings. The van der Waals surface area contributed by atoms with Crippen molar-refractivity contribution in [2.45, 2.75) is 27.2 Å². The highest BCUT2D eigenvalue weighted by Crippen LogP contribution is 2.27. The summed E-state index contributed by atoms with van der Waals surface area (Å²) in [4.78, 5) is 22.4. The molecule has 0 atom stereocenters. The fraction of sp³-hybridized carbons (Fsp3) is 0.286. The van der Waals surface area contributed by atoms with Crippen molar-refractivity contribution in [2.24, 2.45) is 0 Å². The first kappa shape index (κ1) is 12.4. The lowest BCUT2D eigenvalue weighted by Gasteiger charge is -2.09. The predicted molar refractivity (Wildman–Crippen MR) is 67.9 cm³/mol. The molecule has 2 aromatic rings. The van der Waals surface area contributed by atoms with Crippen LogP contribution in [0.15, 0.2) is 27.4 Å². The van der Waals surface area contributed by atoms with E-state index in [9.17, 15) is 9.59 Å². The number of fused-ring (bicyclic) bond motifs is 1. The van der Waals surface area contributed by atoms with Gasteiger partial charge in [0, 0.05) is 24.4 Å². The molecule has 0 N–H and O–H groups in total. The second-order valence-electron chi connectivity index (χ2n) is 4.15. The van der Waals surface area contributed by atoms with Crippen molar-refractivity contribution < 1.29 is 13.9 Å². The van der Waals surface area contributed by atoms with Gasteiger partial charge in [-0.1, -0.05) is 6.92 Å². The number of carbonyl (C=O) groups excluding carboxylic acids is 1. The number of aryl methyl sites for hydroxylation is 2. The molecule has 1 aromatic carbocycles. The van der Waals surface area contributed by atoms with Gasteiger partial charge in [0.2, 0.25) is 0 Å². The molecule has 1 heterocycles. The van der Waals surface area contributed by atoms with E-state index in [0.29, 0.717) is 11.3 Å². The number of hydrogen-bond acceptors (Lipinski definition) is 4. The second kappa shape index (κ2) is 4.64. The van der Waals surface area contributed by atoms with Gasteiger partial charge in [-0.3, -0.25) is 4.79 Å². The topological polar surface area (TPSA) is 56.5 Å². The minimum atomic E-state index is -0.405. The first-order valence-electron chi connectivity index (χ1n) is 5.77. The summed E-state index contributed by atoms with van der Waals surface area (Å²) >= 11 is 0. The molecular weight excluding hydrogens is 232 g/mol. The maximum atomic E-state index is 11.3. The lowest BCUT2D eigenvalue weighted by Crippen LogP contribution is -2.05. The van der Waals surface area contributed by atoms with E-state index in [2.05, 4.69) is 0 Å². The summed E-state index contributed by atoms with van der Waals surface area (Å²) in [7, 11) is 0. The van der Waals surface area contributed by atoms with Crippen molar-refractivity contribution in [3.05, 3.63) is 39.7 Å². The van der Waals surface area contributed by atoms with E-state index in [0.717, 1.165) is 22.9 Å². The molecular formula is C14H14O4. The van der Waals surface area contributed by atoms with Crippen molar-refractivity contribution >= 4 is 16.9 Å². The van der Waals surface area contributed by atoms with Crippen LogP contribution in [-0.2, 0) is 11.2 Å². The van der Waals surface area contributed by atoms with Gasteiger partial charge in [0.25, 0.3) is 0 Å². The molecule has 0 saturated carbocycles. The molecule has 18 heavy (non-hydrogen) atoms. The van der Waals surface area contributed by atoms with E-state index in [-0.39, 0.29) is 5.97 Å². The molecule has 0 bridgehead atoms. The molecule has 0 saturated heterocycles. The van der Waals surface area contributed by atoms with Crippen LogP contribution in [0.4, 0.5) is 0 Å². The molecule has 94 valence electrons. The van der Waals surface area contributed by atoms with Crippen LogP contribution in [0.1, 0.15) is 25.0 Å². The van der Waals surface area contributed by atoms with Crippen LogP contribution in [-0.4, -0.2) is 5.97 Å². The van der Waals surface area contributed by atoms with Gasteiger partial charge < -0.3 is 9.15 Å². The SMILES string of the molecule is CCc1cc2c(C)cc(=O)oc2cc1OC(C)=O. The summed E-state index contributed by atoms with van der Waals surface area (Å²) in [5, 5.41) is 0.863. The molecule has 0 aliphatic heterocycles. The molecule has 4 heteroatoms. The summed E-state index contributed by atoms with van der Waals surface area (Å²) in [5.41, 5.74) is 1.80. The van der Waals surface area contributed by atoms with Crippen LogP contribution in [0.3, 0.4) is 0 Å². The zero-order valence-corrected chi connectivity index (χ0v) is 10.6. The van der Waals surface area contributed by atoms with Gasteiger partial charge in [-0.05, 0) is 30.5 Å². The highest BCUT2D eigenvalue weighted by Gasteiger charge is 2.10. The first-order chi connectivity index (χ1) is 8.51. The Morgan fingerprint density at radius 3 is 2.67 bits per heavy atom. The third-order valence-electron chi connectivity index (χ3n) is 2.77. The Morgan fingerprint density at radius 2 is 2.06 bits per heavy atom. The van der Waals surface area contributed by atoms with Crippen molar-refractivity contribution in [3.63, 3.8) is 0 Å². The number of carbonyl (C=O) groups is 1. The lowest BCUT2D eigenvalue weighted by atomic mass is 10.1. The number of esters is 1. The van der Waals surface area contributed by atoms with Gasteiger partial charge in [0.1, 0.15) is 11.3 Å². The summed E-state index contributed by atoms with van der Waals surface area (Å²) in [6.45, 7) is 5.17. The van der Waals surface area contributed by atoms with E-state index >= 15 is 0 Å². The minimum absolute atomic E-state index is 0.390. The van der Waals surface area contributed by atoms with Crippen LogP contribution in [0.5, 0.6) is 5.75 Å². The Morgan fingerprint density at radius 1 is 1.33 bits per heavy atom. The molecule has 0 unspecified atom stereocenters. The van der Waals surface area contributed by atoms with E-state index < -0.39 is 5.63 Å². The van der Waals surface area contributed by atoms with Crippen LogP contribution in [0, 0.1) is 6.92 Å². The highest BCUT2D eigenvalue weighted by molar-refractivity contribution is 5.83. The minimum Gasteiger partial charge on any atom is -0.426 e.